The Balaban J connectivity index is 1.48. The summed E-state index contributed by atoms with van der Waals surface area (Å²) in [5.74, 6) is 1.15. The van der Waals surface area contributed by atoms with Gasteiger partial charge in [0.25, 0.3) is 0 Å². The summed E-state index contributed by atoms with van der Waals surface area (Å²) >= 11 is 0. The molecule has 4 rings (SSSR count). The van der Waals surface area contributed by atoms with E-state index in [2.05, 4.69) is 23.1 Å². The van der Waals surface area contributed by atoms with Crippen LogP contribution in [-0.4, -0.2) is 54.6 Å². The maximum atomic E-state index is 12.6. The van der Waals surface area contributed by atoms with Crippen molar-refractivity contribution < 1.29 is 13.9 Å². The van der Waals surface area contributed by atoms with Crippen LogP contribution in [0.4, 0.5) is 0 Å². The van der Waals surface area contributed by atoms with Gasteiger partial charge in [0.1, 0.15) is 5.76 Å². The number of ether oxygens (including phenoxy) is 1. The van der Waals surface area contributed by atoms with Gasteiger partial charge in [-0.25, -0.2) is 0 Å². The molecule has 2 aliphatic rings. The van der Waals surface area contributed by atoms with Crippen LogP contribution in [-0.2, 0) is 16.1 Å². The first-order chi connectivity index (χ1) is 12.8. The fourth-order valence-electron chi connectivity index (χ4n) is 3.93. The molecule has 0 spiro atoms. The van der Waals surface area contributed by atoms with Gasteiger partial charge in [-0.2, -0.15) is 0 Å². The molecule has 5 heteroatoms. The van der Waals surface area contributed by atoms with Gasteiger partial charge in [-0.3, -0.25) is 9.69 Å². The molecular weight excluding hydrogens is 328 g/mol. The summed E-state index contributed by atoms with van der Waals surface area (Å²) in [6, 6.07) is 12.4. The second-order valence-electron chi connectivity index (χ2n) is 7.13. The molecule has 0 radical (unpaired) electrons. The van der Waals surface area contributed by atoms with E-state index in [1.807, 2.05) is 23.1 Å². The molecule has 1 aromatic heterocycles. The number of hydrogen-bond donors (Lipinski definition) is 0. The highest BCUT2D eigenvalue weighted by Gasteiger charge is 2.29. The Kier molecular flexibility index (Phi) is 5.37. The fraction of sp³-hybridized carbons (Fsp3) is 0.476. The molecule has 0 bridgehead atoms. The lowest BCUT2D eigenvalue weighted by Gasteiger charge is -2.36. The summed E-state index contributed by atoms with van der Waals surface area (Å²) in [7, 11) is 0. The Morgan fingerprint density at radius 2 is 1.92 bits per heavy atom. The topological polar surface area (TPSA) is 45.9 Å². The van der Waals surface area contributed by atoms with Gasteiger partial charge in [0.05, 0.1) is 19.5 Å². The zero-order chi connectivity index (χ0) is 17.8. The van der Waals surface area contributed by atoms with E-state index in [9.17, 15) is 4.79 Å². The van der Waals surface area contributed by atoms with Gasteiger partial charge in [-0.05, 0) is 30.5 Å². The van der Waals surface area contributed by atoms with Crippen LogP contribution in [0.15, 0.2) is 47.1 Å². The van der Waals surface area contributed by atoms with E-state index >= 15 is 0 Å². The molecule has 138 valence electrons. The molecule has 5 nitrogen and oxygen atoms in total. The molecule has 1 aromatic carbocycles. The number of amides is 1. The van der Waals surface area contributed by atoms with E-state index < -0.39 is 0 Å². The second kappa shape index (κ2) is 8.06. The molecule has 1 amide bonds. The maximum Gasteiger partial charge on any atom is 0.224 e. The first-order valence-corrected chi connectivity index (χ1v) is 9.52. The van der Waals surface area contributed by atoms with Crippen LogP contribution in [0.25, 0.3) is 11.3 Å². The lowest BCUT2D eigenvalue weighted by Crippen LogP contribution is -2.47. The number of nitrogens with zero attached hydrogens (tertiary/aromatic N) is 2. The monoisotopic (exact) mass is 354 g/mol. The number of carbonyl (C=O) groups is 1. The number of morpholine rings is 1. The number of carbonyl (C=O) groups excluding carboxylic acids is 1. The number of rotatable bonds is 5. The Labute approximate surface area is 154 Å². The predicted octanol–water partition coefficient (Wildman–Crippen LogP) is 3.16. The Morgan fingerprint density at radius 3 is 2.73 bits per heavy atom. The Bertz CT molecular complexity index is 723. The van der Waals surface area contributed by atoms with Crippen molar-refractivity contribution in [2.24, 2.45) is 0 Å². The molecule has 26 heavy (non-hydrogen) atoms. The highest BCUT2D eigenvalue weighted by molar-refractivity contribution is 5.77. The quantitative estimate of drug-likeness (QED) is 0.827. The maximum absolute atomic E-state index is 12.6. The van der Waals surface area contributed by atoms with Crippen LogP contribution >= 0.6 is 0 Å². The van der Waals surface area contributed by atoms with Crippen LogP contribution in [0.2, 0.25) is 0 Å². The van der Waals surface area contributed by atoms with E-state index in [4.69, 9.17) is 9.15 Å². The number of benzene rings is 1. The SMILES string of the molecule is O=C(CC1COCCN1Cc1ccccc1-c1ccco1)N1CCCC1. The van der Waals surface area contributed by atoms with E-state index in [0.29, 0.717) is 13.0 Å². The lowest BCUT2D eigenvalue weighted by molar-refractivity contribution is -0.133. The standard InChI is InChI=1S/C21H26N2O3/c24-21(22-9-3-4-10-22)14-18-16-25-13-11-23(18)15-17-6-1-2-7-19(17)20-8-5-12-26-20/h1-2,5-8,12,18H,3-4,9-11,13-16H2. The number of furan rings is 1. The second-order valence-corrected chi connectivity index (χ2v) is 7.13. The third-order valence-corrected chi connectivity index (χ3v) is 5.40. The predicted molar refractivity (Wildman–Crippen MR) is 99.6 cm³/mol. The van der Waals surface area contributed by atoms with E-state index in [0.717, 1.165) is 57.0 Å². The van der Waals surface area contributed by atoms with Crippen molar-refractivity contribution in [1.29, 1.82) is 0 Å². The number of hydrogen-bond acceptors (Lipinski definition) is 4. The van der Waals surface area contributed by atoms with Crippen molar-refractivity contribution in [3.05, 3.63) is 48.2 Å². The van der Waals surface area contributed by atoms with E-state index in [1.54, 1.807) is 6.26 Å². The molecular formula is C21H26N2O3. The van der Waals surface area contributed by atoms with E-state index in [1.165, 1.54) is 5.56 Å². The van der Waals surface area contributed by atoms with Crippen molar-refractivity contribution in [2.75, 3.05) is 32.8 Å². The van der Waals surface area contributed by atoms with Crippen molar-refractivity contribution in [1.82, 2.24) is 9.80 Å². The molecule has 0 aliphatic carbocycles. The third-order valence-electron chi connectivity index (χ3n) is 5.40. The summed E-state index contributed by atoms with van der Waals surface area (Å²) in [5, 5.41) is 0. The Morgan fingerprint density at radius 1 is 1.08 bits per heavy atom. The van der Waals surface area contributed by atoms with Gasteiger partial charge in [-0.15, -0.1) is 0 Å². The largest absolute Gasteiger partial charge is 0.464 e. The minimum Gasteiger partial charge on any atom is -0.464 e. The molecule has 2 aliphatic heterocycles. The molecule has 3 heterocycles. The van der Waals surface area contributed by atoms with Crippen LogP contribution < -0.4 is 0 Å². The molecule has 0 saturated carbocycles. The van der Waals surface area contributed by atoms with Crippen LogP contribution in [0.1, 0.15) is 24.8 Å². The summed E-state index contributed by atoms with van der Waals surface area (Å²) < 4.78 is 11.3. The average molecular weight is 354 g/mol. The van der Waals surface area contributed by atoms with Crippen molar-refractivity contribution in [3.8, 4) is 11.3 Å². The minimum absolute atomic E-state index is 0.140. The fourth-order valence-corrected chi connectivity index (χ4v) is 3.93. The van der Waals surface area contributed by atoms with Gasteiger partial charge in [0.2, 0.25) is 5.91 Å². The molecule has 1 atom stereocenters. The van der Waals surface area contributed by atoms with Crippen LogP contribution in [0.3, 0.4) is 0 Å². The first kappa shape index (κ1) is 17.3. The average Bonchev–Trinajstić information content (AvgIpc) is 3.38. The first-order valence-electron chi connectivity index (χ1n) is 9.52. The molecule has 2 fully saturated rings. The summed E-state index contributed by atoms with van der Waals surface area (Å²) in [6.07, 6.45) is 4.52. The molecule has 0 N–H and O–H groups in total. The van der Waals surface area contributed by atoms with Crippen LogP contribution in [0.5, 0.6) is 0 Å². The lowest BCUT2D eigenvalue weighted by atomic mass is 10.0. The molecule has 1 unspecified atom stereocenters. The molecule has 2 saturated heterocycles. The molecule has 2 aromatic rings. The van der Waals surface area contributed by atoms with Gasteiger partial charge >= 0.3 is 0 Å². The normalized spacial score (nSPS) is 21.2. The van der Waals surface area contributed by atoms with Gasteiger partial charge in [-0.1, -0.05) is 24.3 Å². The summed E-state index contributed by atoms with van der Waals surface area (Å²) in [5.41, 5.74) is 2.34. The summed E-state index contributed by atoms with van der Waals surface area (Å²) in [4.78, 5) is 17.0. The zero-order valence-electron chi connectivity index (χ0n) is 15.1. The van der Waals surface area contributed by atoms with Crippen molar-refractivity contribution in [2.45, 2.75) is 31.8 Å². The highest BCUT2D eigenvalue weighted by Crippen LogP contribution is 2.27. The zero-order valence-corrected chi connectivity index (χ0v) is 15.1. The smallest absolute Gasteiger partial charge is 0.224 e. The van der Waals surface area contributed by atoms with Gasteiger partial charge in [0.15, 0.2) is 0 Å². The Hall–Kier alpha value is -2.11. The van der Waals surface area contributed by atoms with Gasteiger partial charge in [0, 0.05) is 44.2 Å². The third kappa shape index (κ3) is 3.84. The van der Waals surface area contributed by atoms with Crippen LogP contribution in [0, 0.1) is 0 Å². The van der Waals surface area contributed by atoms with Crippen molar-refractivity contribution >= 4 is 5.91 Å². The highest BCUT2D eigenvalue weighted by atomic mass is 16.5. The van der Waals surface area contributed by atoms with E-state index in [-0.39, 0.29) is 11.9 Å². The number of likely N-dealkylation sites (tertiary alicyclic amines) is 1. The van der Waals surface area contributed by atoms with Gasteiger partial charge < -0.3 is 14.1 Å². The minimum atomic E-state index is 0.140. The van der Waals surface area contributed by atoms with Crippen molar-refractivity contribution in [3.63, 3.8) is 0 Å². The summed E-state index contributed by atoms with van der Waals surface area (Å²) in [6.45, 7) is 4.82.